The summed E-state index contributed by atoms with van der Waals surface area (Å²) in [5.74, 6) is 5.99. The Labute approximate surface area is 173 Å². The summed E-state index contributed by atoms with van der Waals surface area (Å²) in [6.45, 7) is 2.21. The van der Waals surface area contributed by atoms with E-state index in [4.69, 9.17) is 0 Å². The first kappa shape index (κ1) is 25.9. The summed E-state index contributed by atoms with van der Waals surface area (Å²) in [6, 6.07) is 6.52. The van der Waals surface area contributed by atoms with Gasteiger partial charge < -0.3 is 19.6 Å². The highest BCUT2D eigenvalue weighted by molar-refractivity contribution is 7.77. The molecule has 8 heteroatoms. The van der Waals surface area contributed by atoms with E-state index in [2.05, 4.69) is 18.8 Å². The standard InChI is InChI=1S/C21H32O6P2/c1-2-3-4-5-6-7-8-9-10-11-12-15-19-16-13-14-17-20(19)18-21(28(22,23)24)29(25,26)27/h13-14,16-18H,2-11H2,1H3,(H2,22,23,24)(H2,25,26,27). The number of hydrogen-bond donors (Lipinski definition) is 4. The van der Waals surface area contributed by atoms with E-state index in [0.29, 0.717) is 12.0 Å². The quantitative estimate of drug-likeness (QED) is 0.190. The molecule has 162 valence electrons. The topological polar surface area (TPSA) is 115 Å². The van der Waals surface area contributed by atoms with Crippen molar-refractivity contribution in [2.45, 2.75) is 71.1 Å². The third-order valence-corrected chi connectivity index (χ3v) is 7.49. The molecule has 0 atom stereocenters. The molecule has 0 saturated heterocycles. The first-order valence-corrected chi connectivity index (χ1v) is 13.3. The summed E-state index contributed by atoms with van der Waals surface area (Å²) in [4.78, 5) is 37.0. The van der Waals surface area contributed by atoms with Crippen molar-refractivity contribution in [2.24, 2.45) is 0 Å². The van der Waals surface area contributed by atoms with E-state index in [1.54, 1.807) is 18.2 Å². The summed E-state index contributed by atoms with van der Waals surface area (Å²) in [5.41, 5.74) is 0.747. The van der Waals surface area contributed by atoms with Gasteiger partial charge in [-0.15, -0.1) is 0 Å². The van der Waals surface area contributed by atoms with Crippen LogP contribution < -0.4 is 0 Å². The van der Waals surface area contributed by atoms with E-state index >= 15 is 0 Å². The summed E-state index contributed by atoms with van der Waals surface area (Å²) in [5, 5.41) is -1.20. The summed E-state index contributed by atoms with van der Waals surface area (Å²) >= 11 is 0. The Kier molecular flexibility index (Phi) is 11.8. The molecule has 4 N–H and O–H groups in total. The minimum absolute atomic E-state index is 0.272. The van der Waals surface area contributed by atoms with Crippen LogP contribution >= 0.6 is 15.2 Å². The molecule has 0 fully saturated rings. The van der Waals surface area contributed by atoms with Crippen molar-refractivity contribution in [3.05, 3.63) is 40.4 Å². The Morgan fingerprint density at radius 2 is 1.38 bits per heavy atom. The lowest BCUT2D eigenvalue weighted by atomic mass is 10.1. The maximum absolute atomic E-state index is 11.5. The van der Waals surface area contributed by atoms with Crippen molar-refractivity contribution >= 4 is 21.3 Å². The monoisotopic (exact) mass is 442 g/mol. The van der Waals surface area contributed by atoms with Crippen LogP contribution in [0, 0.1) is 11.8 Å². The largest absolute Gasteiger partial charge is 0.364 e. The zero-order chi connectivity index (χ0) is 21.8. The molecule has 1 aromatic carbocycles. The smallest absolute Gasteiger partial charge is 0.321 e. The van der Waals surface area contributed by atoms with Crippen molar-refractivity contribution in [3.8, 4) is 11.8 Å². The van der Waals surface area contributed by atoms with Crippen LogP contribution in [0.15, 0.2) is 29.3 Å². The van der Waals surface area contributed by atoms with Crippen LogP contribution in [0.25, 0.3) is 6.08 Å². The highest BCUT2D eigenvalue weighted by Crippen LogP contribution is 2.64. The molecule has 1 rings (SSSR count). The highest BCUT2D eigenvalue weighted by atomic mass is 31.2. The van der Waals surface area contributed by atoms with E-state index < -0.39 is 20.2 Å². The Bertz CT molecular complexity index is 786. The molecule has 0 aromatic heterocycles. The predicted molar refractivity (Wildman–Crippen MR) is 117 cm³/mol. The van der Waals surface area contributed by atoms with Gasteiger partial charge in [0.15, 0.2) is 5.06 Å². The third kappa shape index (κ3) is 11.0. The number of hydrogen-bond acceptors (Lipinski definition) is 2. The first-order valence-electron chi connectivity index (χ1n) is 10.1. The van der Waals surface area contributed by atoms with Gasteiger partial charge in [0, 0.05) is 12.0 Å². The van der Waals surface area contributed by atoms with E-state index in [1.165, 1.54) is 51.0 Å². The van der Waals surface area contributed by atoms with Gasteiger partial charge in [-0.2, -0.15) is 0 Å². The molecule has 0 spiro atoms. The van der Waals surface area contributed by atoms with Gasteiger partial charge in [0.05, 0.1) is 0 Å². The molecule has 0 unspecified atom stereocenters. The summed E-state index contributed by atoms with van der Waals surface area (Å²) in [6.07, 6.45) is 12.6. The Hall–Kier alpha value is -1.18. The van der Waals surface area contributed by atoms with Gasteiger partial charge in [-0.1, -0.05) is 88.3 Å². The molecule has 0 bridgehead atoms. The maximum Gasteiger partial charge on any atom is 0.364 e. The second-order valence-electron chi connectivity index (χ2n) is 7.06. The molecular weight excluding hydrogens is 410 g/mol. The van der Waals surface area contributed by atoms with Gasteiger partial charge in [0.25, 0.3) is 0 Å². The lowest BCUT2D eigenvalue weighted by molar-refractivity contribution is 0.368. The minimum atomic E-state index is -5.09. The molecule has 0 radical (unpaired) electrons. The second-order valence-corrected chi connectivity index (χ2v) is 10.6. The molecular formula is C21H32O6P2. The SMILES string of the molecule is CCCCCCCCCCCC#Cc1ccccc1C=C(P(=O)(O)O)P(=O)(O)O. The van der Waals surface area contributed by atoms with Crippen LogP contribution in [0.4, 0.5) is 0 Å². The van der Waals surface area contributed by atoms with Gasteiger partial charge in [-0.25, -0.2) is 0 Å². The van der Waals surface area contributed by atoms with Crippen LogP contribution in [0.5, 0.6) is 0 Å². The molecule has 0 heterocycles. The summed E-state index contributed by atoms with van der Waals surface area (Å²) in [7, 11) is -10.2. The fourth-order valence-corrected chi connectivity index (χ4v) is 4.87. The van der Waals surface area contributed by atoms with E-state index in [9.17, 15) is 28.7 Å². The van der Waals surface area contributed by atoms with Crippen LogP contribution in [-0.4, -0.2) is 19.6 Å². The lowest BCUT2D eigenvalue weighted by Crippen LogP contribution is -1.90. The third-order valence-electron chi connectivity index (χ3n) is 4.47. The molecule has 0 aliphatic rings. The number of unbranched alkanes of at least 4 members (excludes halogenated alkanes) is 9. The highest BCUT2D eigenvalue weighted by Gasteiger charge is 2.36. The van der Waals surface area contributed by atoms with E-state index in [1.807, 2.05) is 0 Å². The van der Waals surface area contributed by atoms with Crippen molar-refractivity contribution in [1.29, 1.82) is 0 Å². The Morgan fingerprint density at radius 1 is 0.862 bits per heavy atom. The Morgan fingerprint density at radius 3 is 1.93 bits per heavy atom. The van der Waals surface area contributed by atoms with Crippen molar-refractivity contribution in [1.82, 2.24) is 0 Å². The number of benzene rings is 1. The molecule has 0 aliphatic heterocycles. The van der Waals surface area contributed by atoms with Crippen molar-refractivity contribution < 1.29 is 28.7 Å². The first-order chi connectivity index (χ1) is 13.7. The van der Waals surface area contributed by atoms with Crippen LogP contribution in [-0.2, 0) is 9.13 Å². The van der Waals surface area contributed by atoms with Gasteiger partial charge >= 0.3 is 15.2 Å². The van der Waals surface area contributed by atoms with Crippen LogP contribution in [0.1, 0.15) is 82.3 Å². The Balaban J connectivity index is 2.63. The molecule has 6 nitrogen and oxygen atoms in total. The molecule has 0 aliphatic carbocycles. The molecule has 0 saturated carbocycles. The molecule has 0 amide bonds. The van der Waals surface area contributed by atoms with E-state index in [0.717, 1.165) is 18.9 Å². The van der Waals surface area contributed by atoms with Gasteiger partial charge in [0.1, 0.15) is 0 Å². The predicted octanol–water partition coefficient (Wildman–Crippen LogP) is 5.61. The number of rotatable bonds is 12. The van der Waals surface area contributed by atoms with Gasteiger partial charge in [-0.05, 0) is 24.1 Å². The molecule has 1 aromatic rings. The zero-order valence-electron chi connectivity index (χ0n) is 17.0. The average molecular weight is 442 g/mol. The average Bonchev–Trinajstić information content (AvgIpc) is 2.63. The minimum Gasteiger partial charge on any atom is -0.321 e. The maximum atomic E-state index is 11.5. The van der Waals surface area contributed by atoms with Crippen molar-refractivity contribution in [3.63, 3.8) is 0 Å². The van der Waals surface area contributed by atoms with E-state index in [-0.39, 0.29) is 5.56 Å². The molecule has 29 heavy (non-hydrogen) atoms. The van der Waals surface area contributed by atoms with Gasteiger partial charge in [-0.3, -0.25) is 9.13 Å². The van der Waals surface area contributed by atoms with Gasteiger partial charge in [0.2, 0.25) is 0 Å². The van der Waals surface area contributed by atoms with Crippen molar-refractivity contribution in [2.75, 3.05) is 0 Å². The van der Waals surface area contributed by atoms with Crippen LogP contribution in [0.3, 0.4) is 0 Å². The normalized spacial score (nSPS) is 11.6. The zero-order valence-corrected chi connectivity index (χ0v) is 18.7. The van der Waals surface area contributed by atoms with Crippen LogP contribution in [0.2, 0.25) is 0 Å². The fraction of sp³-hybridized carbons (Fsp3) is 0.524. The summed E-state index contributed by atoms with van der Waals surface area (Å²) < 4.78 is 22.9. The fourth-order valence-electron chi connectivity index (χ4n) is 2.90. The second kappa shape index (κ2) is 13.2. The lowest BCUT2D eigenvalue weighted by Gasteiger charge is -2.11.